The van der Waals surface area contributed by atoms with E-state index in [9.17, 15) is 18.0 Å². The molecule has 0 spiro atoms. The van der Waals surface area contributed by atoms with Crippen molar-refractivity contribution < 1.29 is 27.8 Å². The molecule has 1 aliphatic heterocycles. The van der Waals surface area contributed by atoms with Gasteiger partial charge in [0, 0.05) is 13.1 Å². The average molecular weight is 241 g/mol. The molecule has 1 rings (SSSR count). The van der Waals surface area contributed by atoms with E-state index >= 15 is 0 Å². The average Bonchev–Trinajstić information content (AvgIpc) is 2.26. The molecule has 1 amide bonds. The number of methoxy groups -OCH3 is 1. The third kappa shape index (κ3) is 3.01. The lowest BCUT2D eigenvalue weighted by atomic mass is 9.91. The van der Waals surface area contributed by atoms with E-state index in [1.54, 1.807) is 0 Å². The SMILES string of the molecule is COC(=O)N1CCC(C(O)C(F)(F)F)CC1. The maximum absolute atomic E-state index is 12.2. The number of hydrogen-bond donors (Lipinski definition) is 1. The number of aliphatic hydroxyl groups is 1. The third-order valence-electron chi connectivity index (χ3n) is 2.75. The molecule has 7 heteroatoms. The number of halogens is 3. The second-order valence-electron chi connectivity index (χ2n) is 3.78. The molecule has 1 aliphatic rings. The number of amides is 1. The molecular weight excluding hydrogens is 227 g/mol. The Kier molecular flexibility index (Phi) is 4.01. The van der Waals surface area contributed by atoms with Gasteiger partial charge >= 0.3 is 12.3 Å². The van der Waals surface area contributed by atoms with Gasteiger partial charge in [0.1, 0.15) is 0 Å². The first-order chi connectivity index (χ1) is 7.36. The van der Waals surface area contributed by atoms with Crippen molar-refractivity contribution in [3.63, 3.8) is 0 Å². The fraction of sp³-hybridized carbons (Fsp3) is 0.889. The molecule has 0 radical (unpaired) electrons. The quantitative estimate of drug-likeness (QED) is 0.754. The molecule has 94 valence electrons. The lowest BCUT2D eigenvalue weighted by Crippen LogP contribution is -2.45. The van der Waals surface area contributed by atoms with E-state index in [-0.39, 0.29) is 25.9 Å². The molecule has 1 N–H and O–H groups in total. The summed E-state index contributed by atoms with van der Waals surface area (Å²) in [5, 5.41) is 9.03. The predicted molar refractivity (Wildman–Crippen MR) is 48.8 cm³/mol. The molecular formula is C9H14F3NO3. The topological polar surface area (TPSA) is 49.8 Å². The molecule has 1 heterocycles. The summed E-state index contributed by atoms with van der Waals surface area (Å²) in [6.07, 6.45) is -7.16. The standard InChI is InChI=1S/C9H14F3NO3/c1-16-8(15)13-4-2-6(3-5-13)7(14)9(10,11)12/h6-7,14H,2-5H2,1H3. The van der Waals surface area contributed by atoms with Crippen LogP contribution in [0.3, 0.4) is 0 Å². The summed E-state index contributed by atoms with van der Waals surface area (Å²) in [4.78, 5) is 12.4. The molecule has 0 aliphatic carbocycles. The highest BCUT2D eigenvalue weighted by Crippen LogP contribution is 2.31. The highest BCUT2D eigenvalue weighted by atomic mass is 19.4. The van der Waals surface area contributed by atoms with Crippen LogP contribution in [0.25, 0.3) is 0 Å². The van der Waals surface area contributed by atoms with Crippen LogP contribution in [-0.2, 0) is 4.74 Å². The zero-order valence-electron chi connectivity index (χ0n) is 8.83. The first-order valence-electron chi connectivity index (χ1n) is 4.94. The van der Waals surface area contributed by atoms with Crippen LogP contribution in [0.4, 0.5) is 18.0 Å². The third-order valence-corrected chi connectivity index (χ3v) is 2.75. The van der Waals surface area contributed by atoms with Crippen LogP contribution >= 0.6 is 0 Å². The summed E-state index contributed by atoms with van der Waals surface area (Å²) in [6, 6.07) is 0. The zero-order valence-corrected chi connectivity index (χ0v) is 8.83. The predicted octanol–water partition coefficient (Wildman–Crippen LogP) is 1.39. The molecule has 1 atom stereocenters. The van der Waals surface area contributed by atoms with Gasteiger partial charge < -0.3 is 14.7 Å². The van der Waals surface area contributed by atoms with Crippen LogP contribution in [-0.4, -0.2) is 48.6 Å². The normalized spacial score (nSPS) is 20.7. The monoisotopic (exact) mass is 241 g/mol. The second kappa shape index (κ2) is 4.90. The molecule has 0 saturated carbocycles. The number of likely N-dealkylation sites (tertiary alicyclic amines) is 1. The number of alkyl halides is 3. The molecule has 0 aromatic carbocycles. The van der Waals surface area contributed by atoms with Gasteiger partial charge in [-0.15, -0.1) is 0 Å². The summed E-state index contributed by atoms with van der Waals surface area (Å²) in [5.74, 6) is -0.832. The molecule has 0 aromatic heterocycles. The van der Waals surface area contributed by atoms with Crippen molar-refractivity contribution in [1.29, 1.82) is 0 Å². The summed E-state index contributed by atoms with van der Waals surface area (Å²) < 4.78 is 41.1. The minimum Gasteiger partial charge on any atom is -0.453 e. The first-order valence-corrected chi connectivity index (χ1v) is 4.94. The van der Waals surface area contributed by atoms with E-state index in [4.69, 9.17) is 5.11 Å². The minimum atomic E-state index is -4.59. The van der Waals surface area contributed by atoms with Gasteiger partial charge in [0.05, 0.1) is 7.11 Å². The van der Waals surface area contributed by atoms with Crippen LogP contribution in [0.1, 0.15) is 12.8 Å². The maximum atomic E-state index is 12.2. The van der Waals surface area contributed by atoms with Gasteiger partial charge in [0.25, 0.3) is 0 Å². The van der Waals surface area contributed by atoms with E-state index in [0.29, 0.717) is 0 Å². The van der Waals surface area contributed by atoms with Crippen LogP contribution in [0.5, 0.6) is 0 Å². The number of hydrogen-bond acceptors (Lipinski definition) is 3. The van der Waals surface area contributed by atoms with E-state index in [2.05, 4.69) is 4.74 Å². The lowest BCUT2D eigenvalue weighted by Gasteiger charge is -2.33. The molecule has 16 heavy (non-hydrogen) atoms. The fourth-order valence-corrected chi connectivity index (χ4v) is 1.79. The van der Waals surface area contributed by atoms with Gasteiger partial charge in [-0.3, -0.25) is 0 Å². The maximum Gasteiger partial charge on any atom is 0.414 e. The molecule has 1 unspecified atom stereocenters. The molecule has 1 fully saturated rings. The van der Waals surface area contributed by atoms with E-state index in [1.165, 1.54) is 12.0 Å². The fourth-order valence-electron chi connectivity index (χ4n) is 1.79. The molecule has 0 bridgehead atoms. The lowest BCUT2D eigenvalue weighted by molar-refractivity contribution is -0.222. The Morgan fingerprint density at radius 1 is 1.44 bits per heavy atom. The number of nitrogens with zero attached hydrogens (tertiary/aromatic N) is 1. The van der Waals surface area contributed by atoms with Gasteiger partial charge in [0.2, 0.25) is 0 Å². The number of aliphatic hydroxyl groups excluding tert-OH is 1. The summed E-state index contributed by atoms with van der Waals surface area (Å²) in [7, 11) is 1.22. The number of piperidine rings is 1. The van der Waals surface area contributed by atoms with Crippen molar-refractivity contribution in [2.24, 2.45) is 5.92 Å². The van der Waals surface area contributed by atoms with Crippen molar-refractivity contribution in [2.45, 2.75) is 25.1 Å². The molecule has 1 saturated heterocycles. The van der Waals surface area contributed by atoms with E-state index in [0.717, 1.165) is 0 Å². The van der Waals surface area contributed by atoms with E-state index < -0.39 is 24.3 Å². The highest BCUT2D eigenvalue weighted by molar-refractivity contribution is 5.67. The van der Waals surface area contributed by atoms with Gasteiger partial charge in [0.15, 0.2) is 6.10 Å². The summed E-state index contributed by atoms with van der Waals surface area (Å²) in [6.45, 7) is 0.370. The minimum absolute atomic E-state index is 0.135. The van der Waals surface area contributed by atoms with Crippen molar-refractivity contribution in [3.05, 3.63) is 0 Å². The van der Waals surface area contributed by atoms with E-state index in [1.807, 2.05) is 0 Å². The Morgan fingerprint density at radius 3 is 2.31 bits per heavy atom. The Bertz CT molecular complexity index is 249. The van der Waals surface area contributed by atoms with Gasteiger partial charge in [-0.1, -0.05) is 0 Å². The van der Waals surface area contributed by atoms with Crippen molar-refractivity contribution >= 4 is 6.09 Å². The molecule has 4 nitrogen and oxygen atoms in total. The Balaban J connectivity index is 2.46. The van der Waals surface area contributed by atoms with Gasteiger partial charge in [-0.05, 0) is 18.8 Å². The highest BCUT2D eigenvalue weighted by Gasteiger charge is 2.44. The van der Waals surface area contributed by atoms with Crippen molar-refractivity contribution in [2.75, 3.05) is 20.2 Å². The molecule has 0 aromatic rings. The first kappa shape index (κ1) is 13.1. The number of rotatable bonds is 1. The number of carbonyl (C=O) groups is 1. The van der Waals surface area contributed by atoms with Gasteiger partial charge in [-0.2, -0.15) is 13.2 Å². The second-order valence-corrected chi connectivity index (χ2v) is 3.78. The Labute approximate surface area is 91.0 Å². The number of carbonyl (C=O) groups excluding carboxylic acids is 1. The van der Waals surface area contributed by atoms with Crippen LogP contribution in [0.15, 0.2) is 0 Å². The Hall–Kier alpha value is -0.980. The van der Waals surface area contributed by atoms with Crippen LogP contribution in [0, 0.1) is 5.92 Å². The number of ether oxygens (including phenoxy) is 1. The smallest absolute Gasteiger partial charge is 0.414 e. The van der Waals surface area contributed by atoms with Crippen molar-refractivity contribution in [3.8, 4) is 0 Å². The summed E-state index contributed by atoms with van der Waals surface area (Å²) in [5.41, 5.74) is 0. The van der Waals surface area contributed by atoms with Crippen LogP contribution in [0.2, 0.25) is 0 Å². The van der Waals surface area contributed by atoms with Crippen molar-refractivity contribution in [1.82, 2.24) is 4.90 Å². The zero-order chi connectivity index (χ0) is 12.3. The largest absolute Gasteiger partial charge is 0.453 e. The van der Waals surface area contributed by atoms with Gasteiger partial charge in [-0.25, -0.2) is 4.79 Å². The Morgan fingerprint density at radius 2 is 1.94 bits per heavy atom. The summed E-state index contributed by atoms with van der Waals surface area (Å²) >= 11 is 0. The van der Waals surface area contributed by atoms with Crippen LogP contribution < -0.4 is 0 Å².